The number of carboxylic acid groups (broad SMARTS) is 1. The molecule has 8 heteroatoms. The van der Waals surface area contributed by atoms with E-state index in [-0.39, 0.29) is 6.07 Å². The predicted molar refractivity (Wildman–Crippen MR) is 53.5 cm³/mol. The molecule has 19 heavy (non-hydrogen) atoms. The summed E-state index contributed by atoms with van der Waals surface area (Å²) in [5.41, 5.74) is -1.96. The van der Waals surface area contributed by atoms with E-state index in [9.17, 15) is 27.2 Å². The molecule has 0 radical (unpaired) electrons. The first-order chi connectivity index (χ1) is 8.61. The average molecular weight is 280 g/mol. The zero-order chi connectivity index (χ0) is 14.8. The number of halogens is 4. The van der Waals surface area contributed by atoms with E-state index in [1.54, 1.807) is 0 Å². The zero-order valence-corrected chi connectivity index (χ0v) is 9.49. The van der Waals surface area contributed by atoms with Crippen LogP contribution in [0.15, 0.2) is 18.2 Å². The van der Waals surface area contributed by atoms with Crippen molar-refractivity contribution in [3.63, 3.8) is 0 Å². The second kappa shape index (κ2) is 5.25. The molecule has 0 spiro atoms. The average Bonchev–Trinajstić information content (AvgIpc) is 2.23. The number of alkyl halides is 3. The van der Waals surface area contributed by atoms with Crippen LogP contribution in [0.2, 0.25) is 0 Å². The fraction of sp³-hybridized carbons (Fsp3) is 0.273. The fourth-order valence-corrected chi connectivity index (χ4v) is 1.35. The number of ether oxygens (including phenoxy) is 1. The van der Waals surface area contributed by atoms with Gasteiger partial charge in [-0.15, -0.1) is 0 Å². The molecule has 1 rings (SSSR count). The summed E-state index contributed by atoms with van der Waals surface area (Å²) in [6.45, 7) is 0.889. The van der Waals surface area contributed by atoms with Crippen LogP contribution in [-0.2, 0) is 20.5 Å². The molecule has 0 aliphatic heterocycles. The highest BCUT2D eigenvalue weighted by Gasteiger charge is 2.33. The van der Waals surface area contributed by atoms with Gasteiger partial charge in [0, 0.05) is 12.5 Å². The highest BCUT2D eigenvalue weighted by Crippen LogP contribution is 2.32. The van der Waals surface area contributed by atoms with E-state index in [1.807, 2.05) is 0 Å². The number of hydrogen-bond acceptors (Lipinski definition) is 3. The van der Waals surface area contributed by atoms with E-state index < -0.39 is 41.2 Å². The Balaban J connectivity index is 3.27. The van der Waals surface area contributed by atoms with E-state index in [0.717, 1.165) is 6.92 Å². The van der Waals surface area contributed by atoms with Crippen LogP contribution < -0.4 is 0 Å². The third-order valence-corrected chi connectivity index (χ3v) is 2.06. The zero-order valence-electron chi connectivity index (χ0n) is 9.49. The predicted octanol–water partition coefficient (Wildman–Crippen LogP) is 2.53. The first kappa shape index (κ1) is 14.9. The normalized spacial score (nSPS) is 12.9. The van der Waals surface area contributed by atoms with Crippen molar-refractivity contribution < 1.29 is 37.0 Å². The number of benzene rings is 1. The van der Waals surface area contributed by atoms with E-state index in [2.05, 4.69) is 4.74 Å². The molecule has 1 atom stereocenters. The van der Waals surface area contributed by atoms with Gasteiger partial charge in [-0.05, 0) is 18.2 Å². The Morgan fingerprint density at radius 2 is 1.84 bits per heavy atom. The minimum Gasteiger partial charge on any atom is -0.478 e. The van der Waals surface area contributed by atoms with Gasteiger partial charge in [0.1, 0.15) is 5.82 Å². The number of hydrogen-bond donors (Lipinski definition) is 1. The standard InChI is InChI=1S/C11H8F4O4/c1-5(16)19-9(10(17)18)6-2-7(11(13,14)15)4-8(12)3-6/h2-4,9H,1H3,(H,17,18). The summed E-state index contributed by atoms with van der Waals surface area (Å²) in [5, 5.41) is 8.78. The maximum atomic E-state index is 13.1. The van der Waals surface area contributed by atoms with Crippen LogP contribution >= 0.6 is 0 Å². The number of carboxylic acids is 1. The van der Waals surface area contributed by atoms with E-state index in [4.69, 9.17) is 5.11 Å². The Bertz CT molecular complexity index is 510. The largest absolute Gasteiger partial charge is 0.478 e. The monoisotopic (exact) mass is 280 g/mol. The topological polar surface area (TPSA) is 63.6 Å². The molecule has 1 unspecified atom stereocenters. The Morgan fingerprint density at radius 3 is 2.26 bits per heavy atom. The van der Waals surface area contributed by atoms with E-state index >= 15 is 0 Å². The maximum Gasteiger partial charge on any atom is 0.416 e. The van der Waals surface area contributed by atoms with Crippen molar-refractivity contribution in [2.75, 3.05) is 0 Å². The van der Waals surface area contributed by atoms with Crippen molar-refractivity contribution in [2.24, 2.45) is 0 Å². The van der Waals surface area contributed by atoms with Crippen LogP contribution in [0, 0.1) is 5.82 Å². The van der Waals surface area contributed by atoms with Crippen LogP contribution in [0.3, 0.4) is 0 Å². The SMILES string of the molecule is CC(=O)OC(C(=O)O)c1cc(F)cc(C(F)(F)F)c1. The molecule has 0 heterocycles. The third kappa shape index (κ3) is 3.94. The number of esters is 1. The lowest BCUT2D eigenvalue weighted by molar-refractivity contribution is -0.163. The molecule has 0 amide bonds. The van der Waals surface area contributed by atoms with Crippen LogP contribution in [0.25, 0.3) is 0 Å². The molecule has 104 valence electrons. The van der Waals surface area contributed by atoms with Gasteiger partial charge in [0.25, 0.3) is 0 Å². The van der Waals surface area contributed by atoms with Gasteiger partial charge in [-0.25, -0.2) is 9.18 Å². The highest BCUT2D eigenvalue weighted by atomic mass is 19.4. The minimum atomic E-state index is -4.84. The van der Waals surface area contributed by atoms with Gasteiger partial charge in [-0.1, -0.05) is 0 Å². The number of carbonyl (C=O) groups is 2. The summed E-state index contributed by atoms with van der Waals surface area (Å²) >= 11 is 0. The van der Waals surface area contributed by atoms with Gasteiger partial charge >= 0.3 is 18.1 Å². The summed E-state index contributed by atoms with van der Waals surface area (Å²) in [6.07, 6.45) is -6.83. The van der Waals surface area contributed by atoms with E-state index in [0.29, 0.717) is 12.1 Å². The number of rotatable bonds is 3. The molecule has 0 saturated carbocycles. The van der Waals surface area contributed by atoms with Gasteiger partial charge in [-0.3, -0.25) is 4.79 Å². The van der Waals surface area contributed by atoms with Crippen molar-refractivity contribution in [3.05, 3.63) is 35.1 Å². The van der Waals surface area contributed by atoms with Gasteiger partial charge < -0.3 is 9.84 Å². The fourth-order valence-electron chi connectivity index (χ4n) is 1.35. The smallest absolute Gasteiger partial charge is 0.416 e. The van der Waals surface area contributed by atoms with Crippen molar-refractivity contribution in [2.45, 2.75) is 19.2 Å². The van der Waals surface area contributed by atoms with Gasteiger partial charge in [-0.2, -0.15) is 13.2 Å². The van der Waals surface area contributed by atoms with Gasteiger partial charge in [0.05, 0.1) is 5.56 Å². The Labute approximate surface area is 104 Å². The Hall–Kier alpha value is -2.12. The molecule has 0 aliphatic carbocycles. The van der Waals surface area contributed by atoms with Crippen molar-refractivity contribution in [1.29, 1.82) is 0 Å². The molecule has 0 aromatic heterocycles. The summed E-state index contributed by atoms with van der Waals surface area (Å²) in [7, 11) is 0. The van der Waals surface area contributed by atoms with Crippen LogP contribution in [0.5, 0.6) is 0 Å². The maximum absolute atomic E-state index is 13.1. The minimum absolute atomic E-state index is 0.218. The van der Waals surface area contributed by atoms with E-state index in [1.165, 1.54) is 0 Å². The molecular formula is C11H8F4O4. The Kier molecular flexibility index (Phi) is 4.13. The Morgan fingerprint density at radius 1 is 1.26 bits per heavy atom. The highest BCUT2D eigenvalue weighted by molar-refractivity contribution is 5.78. The van der Waals surface area contributed by atoms with Crippen molar-refractivity contribution in [1.82, 2.24) is 0 Å². The van der Waals surface area contributed by atoms with Crippen molar-refractivity contribution in [3.8, 4) is 0 Å². The molecule has 0 aliphatic rings. The molecule has 1 aromatic carbocycles. The van der Waals surface area contributed by atoms with Gasteiger partial charge in [0.15, 0.2) is 0 Å². The molecule has 0 bridgehead atoms. The molecule has 0 saturated heterocycles. The van der Waals surface area contributed by atoms with Crippen LogP contribution in [0.4, 0.5) is 17.6 Å². The second-order valence-corrected chi connectivity index (χ2v) is 3.60. The molecular weight excluding hydrogens is 272 g/mol. The summed E-state index contributed by atoms with van der Waals surface area (Å²) in [6, 6.07) is 1.21. The molecule has 0 fully saturated rings. The second-order valence-electron chi connectivity index (χ2n) is 3.60. The number of carbonyl (C=O) groups excluding carboxylic acids is 1. The number of aliphatic carboxylic acids is 1. The lowest BCUT2D eigenvalue weighted by Gasteiger charge is -2.15. The molecule has 4 nitrogen and oxygen atoms in total. The first-order valence-electron chi connectivity index (χ1n) is 4.89. The van der Waals surface area contributed by atoms with Crippen molar-refractivity contribution >= 4 is 11.9 Å². The van der Waals surface area contributed by atoms with Gasteiger partial charge in [0.2, 0.25) is 6.10 Å². The quantitative estimate of drug-likeness (QED) is 0.682. The first-order valence-corrected chi connectivity index (χ1v) is 4.89. The molecule has 1 aromatic rings. The summed E-state index contributed by atoms with van der Waals surface area (Å²) in [5.74, 6) is -3.98. The summed E-state index contributed by atoms with van der Waals surface area (Å²) in [4.78, 5) is 21.5. The van der Waals surface area contributed by atoms with Crippen LogP contribution in [-0.4, -0.2) is 17.0 Å². The third-order valence-electron chi connectivity index (χ3n) is 2.06. The molecule has 1 N–H and O–H groups in total. The van der Waals surface area contributed by atoms with Crippen LogP contribution in [0.1, 0.15) is 24.2 Å². The lowest BCUT2D eigenvalue weighted by Crippen LogP contribution is -2.19. The summed E-state index contributed by atoms with van der Waals surface area (Å²) < 4.78 is 54.8. The lowest BCUT2D eigenvalue weighted by atomic mass is 10.1.